The minimum atomic E-state index is -0.630. The third kappa shape index (κ3) is 5.71. The summed E-state index contributed by atoms with van der Waals surface area (Å²) in [6, 6.07) is 17.8. The van der Waals surface area contributed by atoms with Crippen LogP contribution in [0.5, 0.6) is 0 Å². The Morgan fingerprint density at radius 1 is 1.00 bits per heavy atom. The molecule has 0 N–H and O–H groups in total. The molecule has 8 heteroatoms. The number of aromatic nitrogens is 2. The lowest BCUT2D eigenvalue weighted by molar-refractivity contribution is 0.00931. The fraction of sp³-hybridized carbons (Fsp3) is 0.469. The number of rotatable bonds is 4. The van der Waals surface area contributed by atoms with Crippen LogP contribution in [-0.2, 0) is 22.5 Å². The highest BCUT2D eigenvalue weighted by molar-refractivity contribution is 5.71. The third-order valence-electron chi connectivity index (χ3n) is 7.60. The van der Waals surface area contributed by atoms with Gasteiger partial charge in [-0.15, -0.1) is 0 Å². The lowest BCUT2D eigenvalue weighted by Gasteiger charge is -2.38. The molecule has 1 aromatic heterocycles. The monoisotopic (exact) mass is 544 g/mol. The fourth-order valence-corrected chi connectivity index (χ4v) is 5.59. The van der Waals surface area contributed by atoms with Crippen molar-refractivity contribution in [1.82, 2.24) is 19.6 Å². The van der Waals surface area contributed by atoms with Crippen molar-refractivity contribution < 1.29 is 19.1 Å². The molecule has 212 valence electrons. The molecule has 2 unspecified atom stereocenters. The first-order valence-electron chi connectivity index (χ1n) is 14.2. The van der Waals surface area contributed by atoms with Crippen molar-refractivity contribution in [2.45, 2.75) is 78.0 Å². The Balaban J connectivity index is 1.49. The fourth-order valence-electron chi connectivity index (χ4n) is 5.59. The molecule has 2 aliphatic rings. The van der Waals surface area contributed by atoms with Crippen LogP contribution in [-0.4, -0.2) is 57.0 Å². The number of carbonyl (C=O) groups excluding carboxylic acids is 2. The molecule has 0 bridgehead atoms. The number of amides is 2. The lowest BCUT2D eigenvalue weighted by Crippen LogP contribution is -2.47. The number of ether oxygens (including phenoxy) is 2. The Bertz CT molecular complexity index is 1360. The van der Waals surface area contributed by atoms with Crippen molar-refractivity contribution in [3.8, 4) is 5.69 Å². The molecular weight excluding hydrogens is 504 g/mol. The molecule has 3 aromatic rings. The summed E-state index contributed by atoms with van der Waals surface area (Å²) in [6.07, 6.45) is -0.126. The summed E-state index contributed by atoms with van der Waals surface area (Å²) in [7, 11) is 0. The lowest BCUT2D eigenvalue weighted by atomic mass is 9.93. The number of benzene rings is 2. The first-order valence-corrected chi connectivity index (χ1v) is 14.2. The van der Waals surface area contributed by atoms with Gasteiger partial charge in [0, 0.05) is 37.5 Å². The van der Waals surface area contributed by atoms with Gasteiger partial charge in [-0.05, 0) is 49.9 Å². The predicted molar refractivity (Wildman–Crippen MR) is 154 cm³/mol. The molecular formula is C32H40N4O4. The van der Waals surface area contributed by atoms with Crippen molar-refractivity contribution in [2.24, 2.45) is 0 Å². The predicted octanol–water partition coefficient (Wildman–Crippen LogP) is 6.59. The van der Waals surface area contributed by atoms with Crippen LogP contribution in [0.25, 0.3) is 5.69 Å². The number of nitrogens with zero attached hydrogens (tertiary/aromatic N) is 4. The minimum Gasteiger partial charge on any atom is -0.445 e. The van der Waals surface area contributed by atoms with Gasteiger partial charge in [-0.2, -0.15) is 5.10 Å². The standard InChI is InChI=1S/C32H40N4O4/c1-21(2)24-12-14-25(15-13-24)36-26-16-17-35(31(38)40-32(4,5)6)27-19-34(18-22(3)29(33-36)28(26)27)30(37)39-20-23-10-8-7-9-11-23/h7-15,21-22,27H,16-20H2,1-6H3. The highest BCUT2D eigenvalue weighted by Gasteiger charge is 2.43. The Morgan fingerprint density at radius 3 is 2.35 bits per heavy atom. The van der Waals surface area contributed by atoms with Gasteiger partial charge >= 0.3 is 12.2 Å². The van der Waals surface area contributed by atoms with Crippen molar-refractivity contribution in [3.05, 3.63) is 82.7 Å². The molecule has 8 nitrogen and oxygen atoms in total. The number of hydrogen-bond acceptors (Lipinski definition) is 5. The van der Waals surface area contributed by atoms with E-state index in [1.54, 1.807) is 9.80 Å². The zero-order chi connectivity index (χ0) is 28.6. The molecule has 5 rings (SSSR count). The highest BCUT2D eigenvalue weighted by Crippen LogP contribution is 2.40. The Labute approximate surface area is 236 Å². The van der Waals surface area contributed by atoms with E-state index >= 15 is 0 Å². The van der Waals surface area contributed by atoms with E-state index in [1.807, 2.05) is 55.8 Å². The van der Waals surface area contributed by atoms with E-state index in [9.17, 15) is 9.59 Å². The first kappa shape index (κ1) is 27.7. The molecule has 2 aromatic carbocycles. The van der Waals surface area contributed by atoms with Crippen LogP contribution in [0.15, 0.2) is 54.6 Å². The summed E-state index contributed by atoms with van der Waals surface area (Å²) in [4.78, 5) is 30.2. The normalized spacial score (nSPS) is 18.8. The van der Waals surface area contributed by atoms with Crippen molar-refractivity contribution in [3.63, 3.8) is 0 Å². The van der Waals surface area contributed by atoms with E-state index in [1.165, 1.54) is 5.56 Å². The summed E-state index contributed by atoms with van der Waals surface area (Å²) in [5, 5.41) is 5.11. The minimum absolute atomic E-state index is 0.0437. The van der Waals surface area contributed by atoms with Crippen LogP contribution in [0, 0.1) is 0 Å². The van der Waals surface area contributed by atoms with Crippen LogP contribution < -0.4 is 0 Å². The van der Waals surface area contributed by atoms with Gasteiger partial charge in [-0.1, -0.05) is 63.2 Å². The van der Waals surface area contributed by atoms with Gasteiger partial charge in [-0.3, -0.25) is 4.90 Å². The van der Waals surface area contributed by atoms with Crippen LogP contribution in [0.3, 0.4) is 0 Å². The van der Waals surface area contributed by atoms with Gasteiger partial charge in [0.15, 0.2) is 0 Å². The number of carbonyl (C=O) groups is 2. The van der Waals surface area contributed by atoms with Crippen molar-refractivity contribution in [2.75, 3.05) is 19.6 Å². The maximum atomic E-state index is 13.4. The second kappa shape index (κ2) is 11.0. The molecule has 0 radical (unpaired) electrons. The first-order chi connectivity index (χ1) is 19.0. The average molecular weight is 545 g/mol. The van der Waals surface area contributed by atoms with E-state index in [0.29, 0.717) is 32.0 Å². The number of hydrogen-bond donors (Lipinski definition) is 0. The second-order valence-corrected chi connectivity index (χ2v) is 12.2. The van der Waals surface area contributed by atoms with Gasteiger partial charge in [0.1, 0.15) is 12.2 Å². The highest BCUT2D eigenvalue weighted by atomic mass is 16.6. The van der Waals surface area contributed by atoms with Gasteiger partial charge in [-0.25, -0.2) is 14.3 Å². The SMILES string of the molecule is CC(C)c1ccc(-n2nc3c4c2CCN(C(=O)OC(C)(C)C)C4CN(C(=O)OCc2ccccc2)CC3C)cc1. The molecule has 0 fully saturated rings. The van der Waals surface area contributed by atoms with E-state index in [-0.39, 0.29) is 24.7 Å². The molecule has 2 atom stereocenters. The van der Waals surface area contributed by atoms with Gasteiger partial charge in [0.05, 0.1) is 23.1 Å². The Kier molecular flexibility index (Phi) is 7.62. The summed E-state index contributed by atoms with van der Waals surface area (Å²) < 4.78 is 13.6. The summed E-state index contributed by atoms with van der Waals surface area (Å²) in [5.74, 6) is 0.402. The third-order valence-corrected chi connectivity index (χ3v) is 7.60. The summed E-state index contributed by atoms with van der Waals surface area (Å²) in [6.45, 7) is 13.5. The second-order valence-electron chi connectivity index (χ2n) is 12.2. The Morgan fingerprint density at radius 2 is 1.70 bits per heavy atom. The summed E-state index contributed by atoms with van der Waals surface area (Å²) >= 11 is 0. The smallest absolute Gasteiger partial charge is 0.410 e. The molecule has 0 saturated carbocycles. The largest absolute Gasteiger partial charge is 0.445 e. The van der Waals surface area contributed by atoms with E-state index < -0.39 is 11.7 Å². The molecule has 0 saturated heterocycles. The maximum Gasteiger partial charge on any atom is 0.410 e. The van der Waals surface area contributed by atoms with Gasteiger partial charge < -0.3 is 14.4 Å². The molecule has 2 aliphatic heterocycles. The quantitative estimate of drug-likeness (QED) is 0.371. The molecule has 0 spiro atoms. The van der Waals surface area contributed by atoms with Gasteiger partial charge in [0.25, 0.3) is 0 Å². The van der Waals surface area contributed by atoms with Crippen molar-refractivity contribution in [1.29, 1.82) is 0 Å². The van der Waals surface area contributed by atoms with E-state index in [2.05, 4.69) is 45.0 Å². The Hall–Kier alpha value is -3.81. The van der Waals surface area contributed by atoms with Crippen LogP contribution in [0.4, 0.5) is 9.59 Å². The maximum absolute atomic E-state index is 13.4. The zero-order valence-corrected chi connectivity index (χ0v) is 24.4. The van der Waals surface area contributed by atoms with E-state index in [0.717, 1.165) is 28.2 Å². The summed E-state index contributed by atoms with van der Waals surface area (Å²) in [5.41, 5.74) is 5.60. The van der Waals surface area contributed by atoms with E-state index in [4.69, 9.17) is 14.6 Å². The zero-order valence-electron chi connectivity index (χ0n) is 24.4. The van der Waals surface area contributed by atoms with Crippen LogP contribution in [0.1, 0.15) is 87.5 Å². The molecule has 2 amide bonds. The van der Waals surface area contributed by atoms with Crippen LogP contribution in [0.2, 0.25) is 0 Å². The van der Waals surface area contributed by atoms with Gasteiger partial charge in [0.2, 0.25) is 0 Å². The average Bonchev–Trinajstić information content (AvgIpc) is 3.24. The van der Waals surface area contributed by atoms with Crippen LogP contribution >= 0.6 is 0 Å². The van der Waals surface area contributed by atoms with Crippen molar-refractivity contribution >= 4 is 12.2 Å². The molecule has 40 heavy (non-hydrogen) atoms. The molecule has 3 heterocycles. The topological polar surface area (TPSA) is 76.9 Å². The molecule has 0 aliphatic carbocycles.